The molecule has 0 aliphatic heterocycles. The van der Waals surface area contributed by atoms with Gasteiger partial charge in [-0.25, -0.2) is 23.5 Å². The summed E-state index contributed by atoms with van der Waals surface area (Å²) in [6, 6.07) is 0.764. The summed E-state index contributed by atoms with van der Waals surface area (Å²) in [6.07, 6.45) is -2.78. The third-order valence-electron chi connectivity index (χ3n) is 1.30. The lowest BCUT2D eigenvalue weighted by Crippen LogP contribution is -2.06. The van der Waals surface area contributed by atoms with Crippen LogP contribution in [0.1, 0.15) is 28.4 Å². The van der Waals surface area contributed by atoms with Gasteiger partial charge in [0.2, 0.25) is 0 Å². The van der Waals surface area contributed by atoms with E-state index in [1.54, 1.807) is 0 Å². The molecule has 0 aromatic carbocycles. The van der Waals surface area contributed by atoms with Crippen LogP contribution < -0.4 is 0 Å². The molecule has 70 valence electrons. The van der Waals surface area contributed by atoms with Crippen molar-refractivity contribution in [2.45, 2.75) is 13.3 Å². The highest BCUT2D eigenvalue weighted by molar-refractivity contribution is 5.85. The fourth-order valence-corrected chi connectivity index (χ4v) is 0.812. The van der Waals surface area contributed by atoms with Gasteiger partial charge in [-0.2, -0.15) is 0 Å². The summed E-state index contributed by atoms with van der Waals surface area (Å²) in [4.78, 5) is 17.3. The quantitative estimate of drug-likeness (QED) is 0.762. The first kappa shape index (κ1) is 9.50. The maximum atomic E-state index is 12.1. The molecule has 0 aliphatic carbocycles. The minimum atomic E-state index is -2.78. The van der Waals surface area contributed by atoms with Crippen LogP contribution in [0.2, 0.25) is 0 Å². The van der Waals surface area contributed by atoms with Gasteiger partial charge in [0.25, 0.3) is 6.43 Å². The number of aromatic carboxylic acids is 1. The van der Waals surface area contributed by atoms with E-state index >= 15 is 0 Å². The van der Waals surface area contributed by atoms with Crippen molar-refractivity contribution in [2.75, 3.05) is 0 Å². The molecule has 1 aromatic heterocycles. The van der Waals surface area contributed by atoms with E-state index in [1.165, 1.54) is 6.92 Å². The van der Waals surface area contributed by atoms with Gasteiger partial charge in [-0.05, 0) is 13.0 Å². The van der Waals surface area contributed by atoms with E-state index in [2.05, 4.69) is 9.97 Å². The Balaban J connectivity index is 3.19. The van der Waals surface area contributed by atoms with Gasteiger partial charge in [-0.15, -0.1) is 0 Å². The van der Waals surface area contributed by atoms with Gasteiger partial charge in [0, 0.05) is 0 Å². The molecule has 4 nitrogen and oxygen atoms in total. The molecule has 6 heteroatoms. The maximum absolute atomic E-state index is 12.1. The lowest BCUT2D eigenvalue weighted by atomic mass is 10.3. The third kappa shape index (κ3) is 2.17. The molecule has 1 heterocycles. The van der Waals surface area contributed by atoms with Crippen molar-refractivity contribution in [3.8, 4) is 0 Å². The number of rotatable bonds is 2. The van der Waals surface area contributed by atoms with Crippen molar-refractivity contribution >= 4 is 5.97 Å². The van der Waals surface area contributed by atoms with Crippen LogP contribution in [0, 0.1) is 6.92 Å². The van der Waals surface area contributed by atoms with Crippen molar-refractivity contribution in [2.24, 2.45) is 0 Å². The maximum Gasteiger partial charge on any atom is 0.354 e. The predicted molar refractivity (Wildman–Crippen MR) is 38.7 cm³/mol. The molecule has 0 amide bonds. The topological polar surface area (TPSA) is 63.1 Å². The van der Waals surface area contributed by atoms with Crippen LogP contribution in [0.15, 0.2) is 6.07 Å². The first-order valence-electron chi connectivity index (χ1n) is 3.37. The van der Waals surface area contributed by atoms with Crippen molar-refractivity contribution in [3.63, 3.8) is 0 Å². The highest BCUT2D eigenvalue weighted by Crippen LogP contribution is 2.16. The highest BCUT2D eigenvalue weighted by Gasteiger charge is 2.14. The van der Waals surface area contributed by atoms with E-state index < -0.39 is 23.8 Å². The summed E-state index contributed by atoms with van der Waals surface area (Å²) in [5, 5.41) is 8.48. The molecule has 0 unspecified atom stereocenters. The molecule has 0 fully saturated rings. The number of hydrogen-bond acceptors (Lipinski definition) is 3. The van der Waals surface area contributed by atoms with Crippen LogP contribution in [-0.4, -0.2) is 21.0 Å². The Bertz CT molecular complexity index is 341. The summed E-state index contributed by atoms with van der Waals surface area (Å²) < 4.78 is 24.2. The zero-order valence-electron chi connectivity index (χ0n) is 6.66. The summed E-state index contributed by atoms with van der Waals surface area (Å²) in [5.74, 6) is -1.32. The standard InChI is InChI=1S/C7H6F2N2O2/c1-3-10-4(6(8)9)2-5(11-3)7(12)13/h2,6H,1H3,(H,12,13). The lowest BCUT2D eigenvalue weighted by molar-refractivity contribution is 0.0689. The van der Waals surface area contributed by atoms with Crippen molar-refractivity contribution in [3.05, 3.63) is 23.3 Å². The summed E-state index contributed by atoms with van der Waals surface area (Å²) in [6.45, 7) is 1.36. The molecular formula is C7H6F2N2O2. The number of carbonyl (C=O) groups is 1. The number of halogens is 2. The normalized spacial score (nSPS) is 10.5. The molecule has 1 aromatic rings. The van der Waals surface area contributed by atoms with Gasteiger partial charge in [-0.3, -0.25) is 0 Å². The lowest BCUT2D eigenvalue weighted by Gasteiger charge is -2.01. The Morgan fingerprint density at radius 1 is 1.54 bits per heavy atom. The van der Waals surface area contributed by atoms with Crippen LogP contribution in [-0.2, 0) is 0 Å². The van der Waals surface area contributed by atoms with Crippen LogP contribution in [0.3, 0.4) is 0 Å². The van der Waals surface area contributed by atoms with Gasteiger partial charge >= 0.3 is 5.97 Å². The van der Waals surface area contributed by atoms with Gasteiger partial charge in [0.05, 0.1) is 0 Å². The molecule has 1 N–H and O–H groups in total. The Kier molecular flexibility index (Phi) is 2.50. The smallest absolute Gasteiger partial charge is 0.354 e. The second kappa shape index (κ2) is 3.42. The fraction of sp³-hybridized carbons (Fsp3) is 0.286. The number of carboxylic acids is 1. The Morgan fingerprint density at radius 2 is 2.15 bits per heavy atom. The molecule has 13 heavy (non-hydrogen) atoms. The van der Waals surface area contributed by atoms with Crippen LogP contribution in [0.4, 0.5) is 8.78 Å². The average molecular weight is 188 g/mol. The second-order valence-electron chi connectivity index (χ2n) is 2.33. The largest absolute Gasteiger partial charge is 0.477 e. The zero-order valence-corrected chi connectivity index (χ0v) is 6.66. The molecule has 0 radical (unpaired) electrons. The number of alkyl halides is 2. The number of carboxylic acid groups (broad SMARTS) is 1. The van der Waals surface area contributed by atoms with E-state index in [-0.39, 0.29) is 5.82 Å². The highest BCUT2D eigenvalue weighted by atomic mass is 19.3. The Labute approximate surface area is 72.3 Å². The third-order valence-corrected chi connectivity index (χ3v) is 1.30. The summed E-state index contributed by atoms with van der Waals surface area (Å²) in [7, 11) is 0. The monoisotopic (exact) mass is 188 g/mol. The van der Waals surface area contributed by atoms with Gasteiger partial charge in [0.15, 0.2) is 5.69 Å². The first-order chi connectivity index (χ1) is 6.00. The molecule has 0 saturated heterocycles. The van der Waals surface area contributed by atoms with Gasteiger partial charge in [0.1, 0.15) is 11.5 Å². The predicted octanol–water partition coefficient (Wildman–Crippen LogP) is 1.42. The van der Waals surface area contributed by atoms with E-state index in [0.29, 0.717) is 0 Å². The van der Waals surface area contributed by atoms with E-state index in [9.17, 15) is 13.6 Å². The fourth-order valence-electron chi connectivity index (χ4n) is 0.812. The van der Waals surface area contributed by atoms with Crippen molar-refractivity contribution in [1.29, 1.82) is 0 Å². The molecular weight excluding hydrogens is 182 g/mol. The number of aryl methyl sites for hydroxylation is 1. The first-order valence-corrected chi connectivity index (χ1v) is 3.37. The van der Waals surface area contributed by atoms with Crippen molar-refractivity contribution < 1.29 is 18.7 Å². The van der Waals surface area contributed by atoms with Crippen LogP contribution in [0.25, 0.3) is 0 Å². The van der Waals surface area contributed by atoms with Crippen LogP contribution in [0.5, 0.6) is 0 Å². The van der Waals surface area contributed by atoms with Crippen molar-refractivity contribution in [1.82, 2.24) is 9.97 Å². The number of nitrogens with zero attached hydrogens (tertiary/aromatic N) is 2. The molecule has 0 bridgehead atoms. The van der Waals surface area contributed by atoms with E-state index in [1.807, 2.05) is 0 Å². The number of aromatic nitrogens is 2. The van der Waals surface area contributed by atoms with E-state index in [0.717, 1.165) is 6.07 Å². The second-order valence-corrected chi connectivity index (χ2v) is 2.33. The summed E-state index contributed by atoms with van der Waals surface area (Å²) in [5.41, 5.74) is -0.979. The summed E-state index contributed by atoms with van der Waals surface area (Å²) >= 11 is 0. The Morgan fingerprint density at radius 3 is 2.62 bits per heavy atom. The Hall–Kier alpha value is -1.59. The minimum Gasteiger partial charge on any atom is -0.477 e. The molecule has 0 aliphatic rings. The molecule has 0 spiro atoms. The van der Waals surface area contributed by atoms with Crippen LogP contribution >= 0.6 is 0 Å². The number of hydrogen-bond donors (Lipinski definition) is 1. The minimum absolute atomic E-state index is 0.0233. The SMILES string of the molecule is Cc1nc(C(=O)O)cc(C(F)F)n1. The zero-order chi connectivity index (χ0) is 10.0. The van der Waals surface area contributed by atoms with Gasteiger partial charge < -0.3 is 5.11 Å². The molecule has 1 rings (SSSR count). The average Bonchev–Trinajstić information content (AvgIpc) is 2.03. The molecule has 0 atom stereocenters. The van der Waals surface area contributed by atoms with E-state index in [4.69, 9.17) is 5.11 Å². The molecule has 0 saturated carbocycles. The van der Waals surface area contributed by atoms with Gasteiger partial charge in [-0.1, -0.05) is 0 Å².